The van der Waals surface area contributed by atoms with Gasteiger partial charge < -0.3 is 0 Å². The van der Waals surface area contributed by atoms with Crippen molar-refractivity contribution in [2.24, 2.45) is 0 Å². The van der Waals surface area contributed by atoms with Gasteiger partial charge in [-0.1, -0.05) is 13.8 Å². The van der Waals surface area contributed by atoms with Gasteiger partial charge in [0.05, 0.1) is 12.4 Å². The first-order valence-corrected chi connectivity index (χ1v) is 4.50. The molecule has 0 fully saturated rings. The Morgan fingerprint density at radius 3 is 1.50 bits per heavy atom. The van der Waals surface area contributed by atoms with Crippen molar-refractivity contribution in [3.8, 4) is 0 Å². The van der Waals surface area contributed by atoms with Crippen molar-refractivity contribution in [2.75, 3.05) is 0 Å². The highest BCUT2D eigenvalue weighted by Gasteiger charge is 1.85. The third-order valence-corrected chi connectivity index (χ3v) is 1.41. The van der Waals surface area contributed by atoms with Gasteiger partial charge in [-0.15, -0.1) is 0 Å². The Balaban J connectivity index is 0.000000371. The van der Waals surface area contributed by atoms with E-state index in [2.05, 4.69) is 41.8 Å². The molecule has 56 valence electrons. The van der Waals surface area contributed by atoms with Gasteiger partial charge in [-0.05, 0) is 31.9 Å². The highest BCUT2D eigenvalue weighted by atomic mass is 79.9. The Bertz CT molecular complexity index is 153. The summed E-state index contributed by atoms with van der Waals surface area (Å²) in [4.78, 5) is 7.77. The number of halogens is 2. The lowest BCUT2D eigenvalue weighted by atomic mass is 10.8. The lowest BCUT2D eigenvalue weighted by Gasteiger charge is -1.85. The highest BCUT2D eigenvalue weighted by molar-refractivity contribution is 9.10. The molecule has 0 aliphatic carbocycles. The third-order valence-electron chi connectivity index (χ3n) is 0.589. The Morgan fingerprint density at radius 2 is 1.30 bits per heavy atom. The fraction of sp³-hybridized carbons (Fsp3) is 0.333. The van der Waals surface area contributed by atoms with E-state index in [0.717, 1.165) is 9.21 Å². The zero-order valence-corrected chi connectivity index (χ0v) is 8.98. The second-order valence-corrected chi connectivity index (χ2v) is 2.79. The second-order valence-electron chi connectivity index (χ2n) is 1.16. The second kappa shape index (κ2) is 5.80. The summed E-state index contributed by atoms with van der Waals surface area (Å²) >= 11 is 6.30. The van der Waals surface area contributed by atoms with E-state index < -0.39 is 0 Å². The Kier molecular flexibility index (Phi) is 5.82. The standard InChI is InChI=1S/C4H2Br2N2.C2H6/c5-3-1-7-4(6)2-8-3;1-2/h1-2H;1-2H3. The first-order chi connectivity index (χ1) is 4.79. The molecule has 1 aromatic rings. The molecular formula is C6H8Br2N2. The van der Waals surface area contributed by atoms with Crippen molar-refractivity contribution >= 4 is 31.9 Å². The van der Waals surface area contributed by atoms with E-state index in [-0.39, 0.29) is 0 Å². The summed E-state index contributed by atoms with van der Waals surface area (Å²) in [5.41, 5.74) is 0. The predicted octanol–water partition coefficient (Wildman–Crippen LogP) is 3.03. The van der Waals surface area contributed by atoms with E-state index in [1.54, 1.807) is 12.4 Å². The molecule has 0 aliphatic heterocycles. The molecule has 1 heterocycles. The number of rotatable bonds is 0. The van der Waals surface area contributed by atoms with Crippen LogP contribution in [-0.2, 0) is 0 Å². The van der Waals surface area contributed by atoms with Crippen LogP contribution in [-0.4, -0.2) is 9.97 Å². The Morgan fingerprint density at radius 1 is 1.00 bits per heavy atom. The van der Waals surface area contributed by atoms with Crippen LogP contribution in [0.1, 0.15) is 13.8 Å². The zero-order valence-electron chi connectivity index (χ0n) is 5.81. The summed E-state index contributed by atoms with van der Waals surface area (Å²) in [5.74, 6) is 0. The van der Waals surface area contributed by atoms with Crippen LogP contribution < -0.4 is 0 Å². The molecule has 10 heavy (non-hydrogen) atoms. The van der Waals surface area contributed by atoms with Gasteiger partial charge in [0, 0.05) is 0 Å². The monoisotopic (exact) mass is 266 g/mol. The van der Waals surface area contributed by atoms with Crippen molar-refractivity contribution < 1.29 is 0 Å². The minimum atomic E-state index is 0.751. The van der Waals surface area contributed by atoms with Gasteiger partial charge in [-0.25, -0.2) is 9.97 Å². The molecule has 0 bridgehead atoms. The summed E-state index contributed by atoms with van der Waals surface area (Å²) in [6.07, 6.45) is 3.26. The molecular weight excluding hydrogens is 260 g/mol. The summed E-state index contributed by atoms with van der Waals surface area (Å²) in [7, 11) is 0. The number of aromatic nitrogens is 2. The average Bonchev–Trinajstić information content (AvgIpc) is 2.00. The molecule has 4 heteroatoms. The average molecular weight is 268 g/mol. The minimum absolute atomic E-state index is 0.751. The first-order valence-electron chi connectivity index (χ1n) is 2.92. The SMILES string of the molecule is Brc1cnc(Br)cn1.CC. The largest absolute Gasteiger partial charge is 0.245 e. The van der Waals surface area contributed by atoms with Crippen LogP contribution in [0.5, 0.6) is 0 Å². The van der Waals surface area contributed by atoms with Crippen molar-refractivity contribution in [1.29, 1.82) is 0 Å². The van der Waals surface area contributed by atoms with Gasteiger partial charge in [0.15, 0.2) is 0 Å². The molecule has 0 saturated heterocycles. The molecule has 0 N–H and O–H groups in total. The van der Waals surface area contributed by atoms with Crippen molar-refractivity contribution in [3.05, 3.63) is 21.6 Å². The number of nitrogens with zero attached hydrogens (tertiary/aromatic N) is 2. The zero-order chi connectivity index (χ0) is 7.98. The molecule has 1 rings (SSSR count). The van der Waals surface area contributed by atoms with Crippen LogP contribution in [0.3, 0.4) is 0 Å². The molecule has 2 nitrogen and oxygen atoms in total. The molecule has 0 spiro atoms. The summed E-state index contributed by atoms with van der Waals surface area (Å²) < 4.78 is 1.50. The normalized spacial score (nSPS) is 8.00. The molecule has 0 radical (unpaired) electrons. The molecule has 0 amide bonds. The molecule has 0 saturated carbocycles. The predicted molar refractivity (Wildman–Crippen MR) is 48.8 cm³/mol. The van der Waals surface area contributed by atoms with Gasteiger partial charge in [0.25, 0.3) is 0 Å². The maximum atomic E-state index is 3.89. The van der Waals surface area contributed by atoms with Gasteiger partial charge in [0.1, 0.15) is 9.21 Å². The molecule has 0 aliphatic rings. The highest BCUT2D eigenvalue weighted by Crippen LogP contribution is 2.06. The van der Waals surface area contributed by atoms with Gasteiger partial charge in [0.2, 0.25) is 0 Å². The minimum Gasteiger partial charge on any atom is -0.245 e. The van der Waals surface area contributed by atoms with E-state index >= 15 is 0 Å². The van der Waals surface area contributed by atoms with Gasteiger partial charge >= 0.3 is 0 Å². The maximum Gasteiger partial charge on any atom is 0.124 e. The van der Waals surface area contributed by atoms with Crippen LogP contribution in [0.15, 0.2) is 21.6 Å². The lowest BCUT2D eigenvalue weighted by Crippen LogP contribution is -1.76. The molecule has 0 atom stereocenters. The fourth-order valence-electron chi connectivity index (χ4n) is 0.297. The van der Waals surface area contributed by atoms with Crippen LogP contribution in [0.2, 0.25) is 0 Å². The van der Waals surface area contributed by atoms with E-state index in [0.29, 0.717) is 0 Å². The smallest absolute Gasteiger partial charge is 0.124 e. The van der Waals surface area contributed by atoms with E-state index in [9.17, 15) is 0 Å². The quantitative estimate of drug-likeness (QED) is 0.722. The first kappa shape index (κ1) is 10.0. The summed E-state index contributed by atoms with van der Waals surface area (Å²) in [5, 5.41) is 0. The van der Waals surface area contributed by atoms with Crippen LogP contribution in [0.4, 0.5) is 0 Å². The molecule has 0 unspecified atom stereocenters. The van der Waals surface area contributed by atoms with Gasteiger partial charge in [-0.2, -0.15) is 0 Å². The topological polar surface area (TPSA) is 25.8 Å². The van der Waals surface area contributed by atoms with Crippen LogP contribution in [0, 0.1) is 0 Å². The summed E-state index contributed by atoms with van der Waals surface area (Å²) in [6, 6.07) is 0. The van der Waals surface area contributed by atoms with Crippen molar-refractivity contribution in [1.82, 2.24) is 9.97 Å². The van der Waals surface area contributed by atoms with Crippen molar-refractivity contribution in [3.63, 3.8) is 0 Å². The number of hydrogen-bond donors (Lipinski definition) is 0. The van der Waals surface area contributed by atoms with E-state index in [4.69, 9.17) is 0 Å². The molecule has 0 aromatic carbocycles. The maximum absolute atomic E-state index is 3.89. The third kappa shape index (κ3) is 3.95. The Labute approximate surface area is 77.3 Å². The van der Waals surface area contributed by atoms with E-state index in [1.807, 2.05) is 13.8 Å². The number of hydrogen-bond acceptors (Lipinski definition) is 2. The van der Waals surface area contributed by atoms with Crippen molar-refractivity contribution in [2.45, 2.75) is 13.8 Å². The lowest BCUT2D eigenvalue weighted by molar-refractivity contribution is 1.13. The fourth-order valence-corrected chi connectivity index (χ4v) is 0.706. The van der Waals surface area contributed by atoms with Crippen LogP contribution in [0.25, 0.3) is 0 Å². The van der Waals surface area contributed by atoms with Crippen LogP contribution >= 0.6 is 31.9 Å². The molecule has 1 aromatic heterocycles. The van der Waals surface area contributed by atoms with Gasteiger partial charge in [-0.3, -0.25) is 0 Å². The Hall–Kier alpha value is 0.0400. The van der Waals surface area contributed by atoms with E-state index in [1.165, 1.54) is 0 Å². The summed E-state index contributed by atoms with van der Waals surface area (Å²) in [6.45, 7) is 4.00.